The Labute approximate surface area is 297 Å². The maximum Gasteiger partial charge on any atom is 0.120 e. The van der Waals surface area contributed by atoms with Crippen LogP contribution < -0.4 is 10.6 Å². The number of hydrogen-bond donors (Lipinski definition) is 7. The third-order valence-corrected chi connectivity index (χ3v) is 8.35. The van der Waals surface area contributed by atoms with E-state index in [1.54, 1.807) is 0 Å². The Balaban J connectivity index is 0. The van der Waals surface area contributed by atoms with Crippen LogP contribution >= 0.6 is 0 Å². The van der Waals surface area contributed by atoms with E-state index in [1.165, 1.54) is 51.4 Å². The number of aliphatic hydroxyl groups is 5. The lowest BCUT2D eigenvalue weighted by molar-refractivity contribution is -0.0650. The summed E-state index contributed by atoms with van der Waals surface area (Å²) in [7, 11) is 0. The lowest BCUT2D eigenvalue weighted by atomic mass is 9.86. The molecule has 7 N–H and O–H groups in total. The van der Waals surface area contributed by atoms with Crippen molar-refractivity contribution in [3.05, 3.63) is 12.2 Å². The van der Waals surface area contributed by atoms with Crippen molar-refractivity contribution in [1.29, 1.82) is 0 Å². The summed E-state index contributed by atoms with van der Waals surface area (Å²) in [5.41, 5.74) is 0. The topological polar surface area (TPSA) is 138 Å². The van der Waals surface area contributed by atoms with Crippen molar-refractivity contribution in [3.63, 3.8) is 0 Å². The van der Waals surface area contributed by atoms with Gasteiger partial charge in [-0.15, -0.1) is 0 Å². The van der Waals surface area contributed by atoms with Crippen LogP contribution in [0.15, 0.2) is 12.2 Å². The first-order valence-electron chi connectivity index (χ1n) is 19.6. The first kappa shape index (κ1) is 49.5. The van der Waals surface area contributed by atoms with Gasteiger partial charge in [0.25, 0.3) is 0 Å². The Morgan fingerprint density at radius 3 is 1.85 bits per heavy atom. The molecule has 0 aromatic heterocycles. The number of nitrogens with zero attached hydrogens (tertiary/aromatic N) is 1. The molecule has 1 aliphatic heterocycles. The molecular formula is C39H83N3O6. The summed E-state index contributed by atoms with van der Waals surface area (Å²) in [6, 6.07) is -0.513. The summed E-state index contributed by atoms with van der Waals surface area (Å²) in [5.74, 6) is 2.96. The van der Waals surface area contributed by atoms with Crippen LogP contribution in [-0.4, -0.2) is 100 Å². The average molecular weight is 690 g/mol. The molecule has 9 heteroatoms. The fraction of sp³-hybridized carbons (Fsp3) is 0.949. The minimum Gasteiger partial charge on any atom is -0.393 e. The van der Waals surface area contributed by atoms with Gasteiger partial charge in [0, 0.05) is 19.6 Å². The summed E-state index contributed by atoms with van der Waals surface area (Å²) in [4.78, 5) is 1.89. The van der Waals surface area contributed by atoms with E-state index in [1.807, 2.05) is 46.4 Å². The van der Waals surface area contributed by atoms with E-state index in [9.17, 15) is 20.4 Å². The molecule has 2 aliphatic carbocycles. The monoisotopic (exact) mass is 690 g/mol. The van der Waals surface area contributed by atoms with Crippen LogP contribution in [0.2, 0.25) is 0 Å². The molecule has 1 saturated carbocycles. The van der Waals surface area contributed by atoms with E-state index in [0.29, 0.717) is 51.5 Å². The minimum atomic E-state index is -0.987. The third kappa shape index (κ3) is 30.2. The lowest BCUT2D eigenvalue weighted by Gasteiger charge is -2.33. The van der Waals surface area contributed by atoms with Crippen LogP contribution in [0, 0.1) is 23.7 Å². The van der Waals surface area contributed by atoms with Crippen molar-refractivity contribution >= 4 is 0 Å². The van der Waals surface area contributed by atoms with Gasteiger partial charge in [-0.2, -0.15) is 0 Å². The fourth-order valence-corrected chi connectivity index (χ4v) is 5.81. The van der Waals surface area contributed by atoms with Crippen LogP contribution in [0.1, 0.15) is 146 Å². The molecule has 0 spiro atoms. The maximum absolute atomic E-state index is 10.4. The van der Waals surface area contributed by atoms with Gasteiger partial charge in [0.05, 0.1) is 31.5 Å². The number of ether oxygens (including phenoxy) is 1. The quantitative estimate of drug-likeness (QED) is 0.0814. The zero-order chi connectivity index (χ0) is 36.9. The van der Waals surface area contributed by atoms with Gasteiger partial charge >= 0.3 is 0 Å². The van der Waals surface area contributed by atoms with Crippen molar-refractivity contribution in [1.82, 2.24) is 15.5 Å². The standard InChI is InChI=1S/C17H37N3O5.C9H18O.C7H12.C4H10.C2H6/c1-4-15(22)19-14(10-13(21)9-12(2)3)17(24)18-11-16(23)20-5-7-25-8-6-20;1-8(10)7-9-5-3-2-4-6-9;1-7-5-3-2-4-6-7;1-4(2)3;1-2/h12-19,21-24H,4-11H2,1-3H3;8-10H,2-7H2,1H3;2-3,7H,4-6H2,1H3;4H,1-3H3;1-2H3. The van der Waals surface area contributed by atoms with Gasteiger partial charge in [-0.3, -0.25) is 15.5 Å². The average Bonchev–Trinajstić information content (AvgIpc) is 3.05. The highest BCUT2D eigenvalue weighted by Crippen LogP contribution is 2.27. The van der Waals surface area contributed by atoms with Gasteiger partial charge in [-0.1, -0.05) is 107 Å². The Morgan fingerprint density at radius 2 is 1.42 bits per heavy atom. The Kier molecular flexibility index (Phi) is 33.3. The van der Waals surface area contributed by atoms with Gasteiger partial charge in [0.15, 0.2) is 0 Å². The smallest absolute Gasteiger partial charge is 0.120 e. The molecule has 2 fully saturated rings. The van der Waals surface area contributed by atoms with Crippen LogP contribution in [0.5, 0.6) is 0 Å². The van der Waals surface area contributed by atoms with E-state index in [2.05, 4.69) is 50.5 Å². The van der Waals surface area contributed by atoms with Crippen molar-refractivity contribution in [2.75, 3.05) is 32.8 Å². The van der Waals surface area contributed by atoms with Gasteiger partial charge in [0.2, 0.25) is 0 Å². The van der Waals surface area contributed by atoms with Crippen molar-refractivity contribution in [2.24, 2.45) is 23.7 Å². The molecule has 9 nitrogen and oxygen atoms in total. The molecule has 0 radical (unpaired) electrons. The Bertz CT molecular complexity index is 696. The van der Waals surface area contributed by atoms with Gasteiger partial charge in [-0.05, 0) is 75.5 Å². The number of hydrogen-bond acceptors (Lipinski definition) is 9. The predicted octanol–water partition coefficient (Wildman–Crippen LogP) is 6.42. The molecule has 0 bridgehead atoms. The van der Waals surface area contributed by atoms with Crippen LogP contribution in [0.25, 0.3) is 0 Å². The molecule has 3 aliphatic rings. The SMILES string of the molecule is CC.CC(C)C.CC(O)CC1CCCCC1.CC1CC=CCC1.CCC(O)NC(CC(O)CC(C)C)C(O)NCC(O)N1CCOCC1. The molecule has 0 aromatic rings. The molecule has 7 unspecified atom stereocenters. The number of allylic oxidation sites excluding steroid dienone is 2. The highest BCUT2D eigenvalue weighted by Gasteiger charge is 2.26. The third-order valence-electron chi connectivity index (χ3n) is 8.35. The molecule has 0 amide bonds. The summed E-state index contributed by atoms with van der Waals surface area (Å²) >= 11 is 0. The second-order valence-corrected chi connectivity index (χ2v) is 14.9. The Morgan fingerprint density at radius 1 is 0.833 bits per heavy atom. The highest BCUT2D eigenvalue weighted by atomic mass is 16.5. The largest absolute Gasteiger partial charge is 0.393 e. The van der Waals surface area contributed by atoms with Crippen molar-refractivity contribution in [3.8, 4) is 0 Å². The number of rotatable bonds is 14. The summed E-state index contributed by atoms with van der Waals surface area (Å²) in [6.45, 7) is 23.3. The van der Waals surface area contributed by atoms with Crippen LogP contribution in [-0.2, 0) is 4.74 Å². The van der Waals surface area contributed by atoms with Gasteiger partial charge < -0.3 is 30.3 Å². The molecule has 48 heavy (non-hydrogen) atoms. The van der Waals surface area contributed by atoms with Crippen molar-refractivity contribution < 1.29 is 30.3 Å². The van der Waals surface area contributed by atoms with Crippen molar-refractivity contribution in [2.45, 2.75) is 183 Å². The number of nitrogens with one attached hydrogen (secondary N) is 2. The molecule has 290 valence electrons. The summed E-state index contributed by atoms with van der Waals surface area (Å²) in [6.07, 6.45) is 14.8. The van der Waals surface area contributed by atoms with E-state index in [4.69, 9.17) is 9.84 Å². The second kappa shape index (κ2) is 32.3. The molecule has 1 saturated heterocycles. The zero-order valence-corrected chi connectivity index (χ0v) is 33.0. The van der Waals surface area contributed by atoms with Gasteiger partial charge in [-0.25, -0.2) is 0 Å². The summed E-state index contributed by atoms with van der Waals surface area (Å²) in [5, 5.41) is 55.6. The van der Waals surface area contributed by atoms with Crippen LogP contribution in [0.3, 0.4) is 0 Å². The maximum atomic E-state index is 10.4. The van der Waals surface area contributed by atoms with E-state index in [0.717, 1.165) is 24.2 Å². The number of aliphatic hydroxyl groups excluding tert-OH is 5. The molecule has 0 aromatic carbocycles. The normalized spacial score (nSPS) is 22.2. The molecule has 7 atom stereocenters. The second-order valence-electron chi connectivity index (χ2n) is 14.9. The van der Waals surface area contributed by atoms with E-state index >= 15 is 0 Å². The Hall–Kier alpha value is -0.620. The molecule has 3 rings (SSSR count). The minimum absolute atomic E-state index is 0.0805. The zero-order valence-electron chi connectivity index (χ0n) is 33.0. The first-order valence-corrected chi connectivity index (χ1v) is 19.6. The van der Waals surface area contributed by atoms with Crippen LogP contribution in [0.4, 0.5) is 0 Å². The lowest BCUT2D eigenvalue weighted by Crippen LogP contribution is -2.56. The summed E-state index contributed by atoms with van der Waals surface area (Å²) < 4.78 is 5.26. The van der Waals surface area contributed by atoms with E-state index in [-0.39, 0.29) is 12.6 Å². The first-order chi connectivity index (χ1) is 22.7. The number of morpholine rings is 1. The molecular weight excluding hydrogens is 606 g/mol. The van der Waals surface area contributed by atoms with E-state index < -0.39 is 30.8 Å². The van der Waals surface area contributed by atoms with Gasteiger partial charge in [0.1, 0.15) is 18.7 Å². The fourth-order valence-electron chi connectivity index (χ4n) is 5.81. The predicted molar refractivity (Wildman–Crippen MR) is 203 cm³/mol. The molecule has 1 heterocycles. The highest BCUT2D eigenvalue weighted by molar-refractivity contribution is 4.88.